The van der Waals surface area contributed by atoms with Crippen molar-refractivity contribution in [1.82, 2.24) is 4.90 Å². The topological polar surface area (TPSA) is 73.7 Å². The zero-order valence-corrected chi connectivity index (χ0v) is 35.6. The third kappa shape index (κ3) is 9.98. The standard InChI is InChI=1S/C51H60N4O3/c1-49(2,3)53(56)46-28-25-40(37-19-13-10-14-20-37)31-43(46)34-52(35-44-32-41(38-21-15-11-16-22-38)26-29-47(44)54(57)50(4,5)6)36-45-33-42(39-23-17-12-18-24-39)27-30-48(45)55(58)51(7,8)9/h10-33,56-58H,34-36H2,1-9H3. The fourth-order valence-corrected chi connectivity index (χ4v) is 7.16. The number of hydroxylamine groups is 3. The van der Waals surface area contributed by atoms with Crippen LogP contribution in [0.1, 0.15) is 79.0 Å². The maximum atomic E-state index is 11.8. The molecule has 58 heavy (non-hydrogen) atoms. The van der Waals surface area contributed by atoms with Gasteiger partial charge in [0.25, 0.3) is 0 Å². The van der Waals surface area contributed by atoms with E-state index in [2.05, 4.69) is 77.7 Å². The number of anilines is 3. The molecule has 7 nitrogen and oxygen atoms in total. The van der Waals surface area contributed by atoms with E-state index < -0.39 is 16.6 Å². The molecular weight excluding hydrogens is 717 g/mol. The van der Waals surface area contributed by atoms with Crippen molar-refractivity contribution >= 4 is 17.1 Å². The molecule has 0 aliphatic carbocycles. The normalized spacial score (nSPS) is 12.2. The molecule has 0 bridgehead atoms. The molecule has 6 rings (SSSR count). The lowest BCUT2D eigenvalue weighted by molar-refractivity contribution is 0.174. The average Bonchev–Trinajstić information content (AvgIpc) is 3.20. The Morgan fingerprint density at radius 3 is 0.793 bits per heavy atom. The summed E-state index contributed by atoms with van der Waals surface area (Å²) in [5, 5.41) is 39.4. The number of hydrogen-bond donors (Lipinski definition) is 3. The van der Waals surface area contributed by atoms with Crippen LogP contribution in [0.4, 0.5) is 17.1 Å². The highest BCUT2D eigenvalue weighted by Crippen LogP contribution is 2.37. The zero-order valence-electron chi connectivity index (χ0n) is 35.6. The molecule has 0 aliphatic rings. The molecule has 0 aromatic heterocycles. The SMILES string of the molecule is CC(C)(C)N(O)c1ccc(-c2ccccc2)cc1CN(Cc1cc(-c2ccccc2)ccc1N(O)C(C)(C)C)Cc1cc(-c2ccccc2)ccc1N(O)C(C)(C)C. The highest BCUT2D eigenvalue weighted by Gasteiger charge is 2.28. The summed E-state index contributed by atoms with van der Waals surface area (Å²) in [6.45, 7) is 19.3. The lowest BCUT2D eigenvalue weighted by atomic mass is 9.97. The molecule has 7 heteroatoms. The summed E-state index contributed by atoms with van der Waals surface area (Å²) in [6, 6.07) is 49.6. The third-order valence-electron chi connectivity index (χ3n) is 10.3. The van der Waals surface area contributed by atoms with Crippen molar-refractivity contribution in [2.24, 2.45) is 0 Å². The molecule has 0 amide bonds. The third-order valence-corrected chi connectivity index (χ3v) is 10.3. The first-order valence-electron chi connectivity index (χ1n) is 20.1. The number of nitrogens with zero attached hydrogens (tertiary/aromatic N) is 4. The van der Waals surface area contributed by atoms with Crippen LogP contribution in [-0.2, 0) is 19.6 Å². The Balaban J connectivity index is 1.56. The monoisotopic (exact) mass is 776 g/mol. The summed E-state index contributed by atoms with van der Waals surface area (Å²) in [4.78, 5) is 2.35. The van der Waals surface area contributed by atoms with Crippen LogP contribution in [0.15, 0.2) is 146 Å². The van der Waals surface area contributed by atoms with Gasteiger partial charge in [0.05, 0.1) is 33.7 Å². The Morgan fingerprint density at radius 1 is 0.328 bits per heavy atom. The van der Waals surface area contributed by atoms with Gasteiger partial charge in [-0.1, -0.05) is 109 Å². The van der Waals surface area contributed by atoms with Crippen LogP contribution in [0.25, 0.3) is 33.4 Å². The Labute approximate surface area is 345 Å². The van der Waals surface area contributed by atoms with Gasteiger partial charge in [0.1, 0.15) is 0 Å². The molecule has 0 saturated carbocycles. The van der Waals surface area contributed by atoms with E-state index in [0.717, 1.165) is 50.1 Å². The van der Waals surface area contributed by atoms with E-state index in [1.54, 1.807) is 0 Å². The minimum atomic E-state index is -0.573. The molecule has 0 heterocycles. The van der Waals surface area contributed by atoms with Crippen molar-refractivity contribution in [2.45, 2.75) is 98.6 Å². The highest BCUT2D eigenvalue weighted by atomic mass is 16.5. The summed E-state index contributed by atoms with van der Waals surface area (Å²) in [5.41, 5.74) is 9.62. The predicted molar refractivity (Wildman–Crippen MR) is 241 cm³/mol. The van der Waals surface area contributed by atoms with E-state index in [9.17, 15) is 15.6 Å². The van der Waals surface area contributed by atoms with E-state index >= 15 is 0 Å². The van der Waals surface area contributed by atoms with E-state index in [-0.39, 0.29) is 0 Å². The van der Waals surface area contributed by atoms with Gasteiger partial charge in [-0.05, 0) is 149 Å². The first kappa shape index (κ1) is 42.2. The lowest BCUT2D eigenvalue weighted by Crippen LogP contribution is -2.40. The first-order valence-corrected chi connectivity index (χ1v) is 20.1. The molecule has 0 aliphatic heterocycles. The molecule has 3 N–H and O–H groups in total. The van der Waals surface area contributed by atoms with Crippen LogP contribution in [0.3, 0.4) is 0 Å². The van der Waals surface area contributed by atoms with Gasteiger partial charge in [-0.15, -0.1) is 0 Å². The maximum absolute atomic E-state index is 11.8. The molecule has 0 radical (unpaired) electrons. The Morgan fingerprint density at radius 2 is 0.569 bits per heavy atom. The smallest absolute Gasteiger partial charge is 0.0685 e. The second-order valence-corrected chi connectivity index (χ2v) is 18.2. The van der Waals surface area contributed by atoms with Gasteiger partial charge in [-0.25, -0.2) is 0 Å². The lowest BCUT2D eigenvalue weighted by Gasteiger charge is -2.36. The first-order chi connectivity index (χ1) is 27.4. The van der Waals surface area contributed by atoms with Gasteiger partial charge in [-0.3, -0.25) is 35.7 Å². The zero-order chi connectivity index (χ0) is 41.8. The van der Waals surface area contributed by atoms with Gasteiger partial charge in [0.2, 0.25) is 0 Å². The Kier molecular flexibility index (Phi) is 12.5. The molecule has 6 aromatic carbocycles. The van der Waals surface area contributed by atoms with Crippen LogP contribution in [0, 0.1) is 0 Å². The summed E-state index contributed by atoms with van der Waals surface area (Å²) >= 11 is 0. The second-order valence-electron chi connectivity index (χ2n) is 18.2. The number of benzene rings is 6. The van der Waals surface area contributed by atoms with Crippen LogP contribution >= 0.6 is 0 Å². The average molecular weight is 777 g/mol. The van der Waals surface area contributed by atoms with Crippen molar-refractivity contribution in [3.8, 4) is 33.4 Å². The van der Waals surface area contributed by atoms with E-state index in [1.807, 2.05) is 135 Å². The number of rotatable bonds is 12. The number of hydrogen-bond acceptors (Lipinski definition) is 7. The van der Waals surface area contributed by atoms with Crippen LogP contribution in [0.5, 0.6) is 0 Å². The maximum Gasteiger partial charge on any atom is 0.0685 e. The fraction of sp³-hybridized carbons (Fsp3) is 0.294. The fourth-order valence-electron chi connectivity index (χ4n) is 7.16. The largest absolute Gasteiger partial charge is 0.290 e. The quantitative estimate of drug-likeness (QED) is 0.107. The van der Waals surface area contributed by atoms with Crippen molar-refractivity contribution in [3.63, 3.8) is 0 Å². The molecule has 0 atom stereocenters. The molecule has 0 unspecified atom stereocenters. The summed E-state index contributed by atoms with van der Waals surface area (Å²) in [6.07, 6.45) is 0. The molecular formula is C51H60N4O3. The minimum Gasteiger partial charge on any atom is -0.290 e. The van der Waals surface area contributed by atoms with Gasteiger partial charge in [0, 0.05) is 19.6 Å². The predicted octanol–water partition coefficient (Wildman–Crippen LogP) is 12.9. The second kappa shape index (κ2) is 17.2. The molecule has 6 aromatic rings. The van der Waals surface area contributed by atoms with Crippen molar-refractivity contribution in [1.29, 1.82) is 0 Å². The van der Waals surface area contributed by atoms with E-state index in [0.29, 0.717) is 36.7 Å². The summed E-state index contributed by atoms with van der Waals surface area (Å²) < 4.78 is 0. The molecule has 302 valence electrons. The van der Waals surface area contributed by atoms with Gasteiger partial charge < -0.3 is 0 Å². The highest BCUT2D eigenvalue weighted by molar-refractivity contribution is 5.72. The van der Waals surface area contributed by atoms with E-state index in [1.165, 1.54) is 15.2 Å². The molecule has 0 fully saturated rings. The molecule has 0 spiro atoms. The van der Waals surface area contributed by atoms with Crippen LogP contribution < -0.4 is 15.2 Å². The van der Waals surface area contributed by atoms with Gasteiger partial charge >= 0.3 is 0 Å². The molecule has 0 saturated heterocycles. The minimum absolute atomic E-state index is 0.440. The van der Waals surface area contributed by atoms with E-state index in [4.69, 9.17) is 0 Å². The summed E-state index contributed by atoms with van der Waals surface area (Å²) in [7, 11) is 0. The van der Waals surface area contributed by atoms with Crippen molar-refractivity contribution < 1.29 is 15.6 Å². The Bertz CT molecular complexity index is 2020. The summed E-state index contributed by atoms with van der Waals surface area (Å²) in [5.74, 6) is 0. The van der Waals surface area contributed by atoms with Crippen molar-refractivity contribution in [3.05, 3.63) is 162 Å². The Hall–Kier alpha value is -5.44. The van der Waals surface area contributed by atoms with Crippen molar-refractivity contribution in [2.75, 3.05) is 15.2 Å². The van der Waals surface area contributed by atoms with Gasteiger partial charge in [0.15, 0.2) is 0 Å². The van der Waals surface area contributed by atoms with Gasteiger partial charge in [-0.2, -0.15) is 0 Å². The van der Waals surface area contributed by atoms with Crippen LogP contribution in [-0.4, -0.2) is 37.1 Å². The van der Waals surface area contributed by atoms with Crippen LogP contribution in [0.2, 0.25) is 0 Å².